The number of methoxy groups -OCH3 is 1. The third-order valence-electron chi connectivity index (χ3n) is 3.51. The van der Waals surface area contributed by atoms with Gasteiger partial charge >= 0.3 is 0 Å². The highest BCUT2D eigenvalue weighted by Gasteiger charge is 2.05. The molecule has 0 radical (unpaired) electrons. The lowest BCUT2D eigenvalue weighted by molar-refractivity contribution is -0.120. The minimum absolute atomic E-state index is 0.199. The number of nitrogens with zero attached hydrogens (tertiary/aromatic N) is 1. The van der Waals surface area contributed by atoms with Crippen LogP contribution in [0.4, 0.5) is 0 Å². The number of ether oxygens (including phenoxy) is 3. The molecule has 2 rings (SSSR count). The van der Waals surface area contributed by atoms with E-state index in [4.69, 9.17) is 14.2 Å². The number of benzene rings is 2. The number of carbonyl (C=O) groups excluding carboxylic acids is 1. The van der Waals surface area contributed by atoms with Crippen molar-refractivity contribution < 1.29 is 19.0 Å². The molecule has 1 amide bonds. The van der Waals surface area contributed by atoms with Crippen LogP contribution in [0.25, 0.3) is 0 Å². The van der Waals surface area contributed by atoms with E-state index in [1.54, 1.807) is 13.3 Å². The lowest BCUT2D eigenvalue weighted by atomic mass is 10.1. The van der Waals surface area contributed by atoms with Crippen molar-refractivity contribution >= 4 is 12.1 Å². The second-order valence-electron chi connectivity index (χ2n) is 5.38. The smallest absolute Gasteiger partial charge is 0.244 e. The van der Waals surface area contributed by atoms with E-state index in [0.717, 1.165) is 22.6 Å². The first-order chi connectivity index (χ1) is 12.7. The van der Waals surface area contributed by atoms with Gasteiger partial charge in [-0.25, -0.2) is 5.43 Å². The molecule has 26 heavy (non-hydrogen) atoms. The molecule has 6 heteroatoms. The summed E-state index contributed by atoms with van der Waals surface area (Å²) in [5.41, 5.74) is 4.18. The van der Waals surface area contributed by atoms with Crippen LogP contribution in [0.15, 0.2) is 47.6 Å². The number of nitrogens with one attached hydrogen (secondary N) is 1. The third kappa shape index (κ3) is 5.81. The van der Waals surface area contributed by atoms with Crippen molar-refractivity contribution in [3.05, 3.63) is 53.6 Å². The molecular weight excluding hydrogens is 332 g/mol. The van der Waals surface area contributed by atoms with Gasteiger partial charge in [-0.2, -0.15) is 5.10 Å². The van der Waals surface area contributed by atoms with Crippen molar-refractivity contribution in [3.8, 4) is 17.2 Å². The molecule has 0 fully saturated rings. The summed E-state index contributed by atoms with van der Waals surface area (Å²) >= 11 is 0. The van der Waals surface area contributed by atoms with Crippen LogP contribution in [0.3, 0.4) is 0 Å². The standard InChI is InChI=1S/C20H24N2O4/c1-4-25-18-11-8-16(19(13-18)26-5-2)14-21-22-20(23)12-15-6-9-17(24-3)10-7-15/h6-11,13-14H,4-5,12H2,1-3H3,(H,22,23)/b21-14-. The molecule has 6 nitrogen and oxygen atoms in total. The van der Waals surface area contributed by atoms with E-state index in [-0.39, 0.29) is 12.3 Å². The fourth-order valence-corrected chi connectivity index (χ4v) is 2.30. The summed E-state index contributed by atoms with van der Waals surface area (Å²) in [5, 5.41) is 4.02. The molecule has 0 spiro atoms. The Morgan fingerprint density at radius 1 is 1.04 bits per heavy atom. The maximum atomic E-state index is 12.0. The molecule has 0 unspecified atom stereocenters. The number of hydrogen-bond acceptors (Lipinski definition) is 5. The molecule has 138 valence electrons. The van der Waals surface area contributed by atoms with Crippen LogP contribution in [-0.2, 0) is 11.2 Å². The van der Waals surface area contributed by atoms with E-state index in [9.17, 15) is 4.79 Å². The summed E-state index contributed by atoms with van der Waals surface area (Å²) in [5.74, 6) is 1.95. The first-order valence-electron chi connectivity index (χ1n) is 8.50. The normalized spacial score (nSPS) is 10.6. The Bertz CT molecular complexity index is 742. The minimum Gasteiger partial charge on any atom is -0.497 e. The lowest BCUT2D eigenvalue weighted by Crippen LogP contribution is -2.19. The average Bonchev–Trinajstić information content (AvgIpc) is 2.64. The molecule has 2 aromatic carbocycles. The summed E-state index contributed by atoms with van der Waals surface area (Å²) in [7, 11) is 1.61. The van der Waals surface area contributed by atoms with Crippen molar-refractivity contribution in [2.24, 2.45) is 5.10 Å². The van der Waals surface area contributed by atoms with Gasteiger partial charge in [-0.15, -0.1) is 0 Å². The van der Waals surface area contributed by atoms with Crippen LogP contribution in [-0.4, -0.2) is 32.4 Å². The highest BCUT2D eigenvalue weighted by Crippen LogP contribution is 2.24. The van der Waals surface area contributed by atoms with Gasteiger partial charge in [0.1, 0.15) is 17.2 Å². The van der Waals surface area contributed by atoms with Crippen molar-refractivity contribution in [1.29, 1.82) is 0 Å². The molecule has 0 aliphatic rings. The number of hydrazone groups is 1. The van der Waals surface area contributed by atoms with E-state index in [1.807, 2.05) is 56.3 Å². The summed E-state index contributed by atoms with van der Waals surface area (Å²) in [4.78, 5) is 12.0. The van der Waals surface area contributed by atoms with E-state index in [2.05, 4.69) is 10.5 Å². The predicted octanol–water partition coefficient (Wildman–Crippen LogP) is 3.19. The highest BCUT2D eigenvalue weighted by molar-refractivity contribution is 5.86. The average molecular weight is 356 g/mol. The summed E-state index contributed by atoms with van der Waals surface area (Å²) in [6.07, 6.45) is 1.80. The van der Waals surface area contributed by atoms with Crippen LogP contribution in [0.5, 0.6) is 17.2 Å². The van der Waals surface area contributed by atoms with Gasteiger partial charge in [0.15, 0.2) is 0 Å². The van der Waals surface area contributed by atoms with Crippen LogP contribution in [0.1, 0.15) is 25.0 Å². The van der Waals surface area contributed by atoms with Crippen LogP contribution < -0.4 is 19.6 Å². The van der Waals surface area contributed by atoms with Gasteiger partial charge in [-0.3, -0.25) is 4.79 Å². The Labute approximate surface area is 153 Å². The van der Waals surface area contributed by atoms with Crippen LogP contribution in [0.2, 0.25) is 0 Å². The van der Waals surface area contributed by atoms with Gasteiger partial charge in [0.05, 0.1) is 33.0 Å². The Morgan fingerprint density at radius 2 is 1.73 bits per heavy atom. The molecule has 2 aromatic rings. The Balaban J connectivity index is 1.96. The Kier molecular flexibility index (Phi) is 7.49. The lowest BCUT2D eigenvalue weighted by Gasteiger charge is -2.10. The Morgan fingerprint density at radius 3 is 2.38 bits per heavy atom. The fourth-order valence-electron chi connectivity index (χ4n) is 2.30. The zero-order valence-corrected chi connectivity index (χ0v) is 15.3. The molecule has 0 aliphatic carbocycles. The van der Waals surface area contributed by atoms with Gasteiger partial charge in [-0.1, -0.05) is 12.1 Å². The monoisotopic (exact) mass is 356 g/mol. The first-order valence-corrected chi connectivity index (χ1v) is 8.50. The van der Waals surface area contributed by atoms with Gasteiger partial charge < -0.3 is 14.2 Å². The quantitative estimate of drug-likeness (QED) is 0.553. The third-order valence-corrected chi connectivity index (χ3v) is 3.51. The molecule has 0 saturated carbocycles. The first kappa shape index (κ1) is 19.3. The number of carbonyl (C=O) groups is 1. The van der Waals surface area contributed by atoms with Crippen molar-refractivity contribution in [2.75, 3.05) is 20.3 Å². The molecule has 0 heterocycles. The number of hydrogen-bond donors (Lipinski definition) is 1. The van der Waals surface area contributed by atoms with Gasteiger partial charge in [-0.05, 0) is 43.7 Å². The zero-order chi connectivity index (χ0) is 18.8. The fraction of sp³-hybridized carbons (Fsp3) is 0.300. The topological polar surface area (TPSA) is 69.2 Å². The van der Waals surface area contributed by atoms with Gasteiger partial charge in [0.25, 0.3) is 0 Å². The summed E-state index contributed by atoms with van der Waals surface area (Å²) in [6, 6.07) is 12.8. The Hall–Kier alpha value is -3.02. The van der Waals surface area contributed by atoms with Gasteiger partial charge in [0, 0.05) is 11.6 Å². The van der Waals surface area contributed by atoms with E-state index < -0.39 is 0 Å². The number of rotatable bonds is 9. The molecule has 0 bridgehead atoms. The van der Waals surface area contributed by atoms with Crippen molar-refractivity contribution in [2.45, 2.75) is 20.3 Å². The molecule has 1 N–H and O–H groups in total. The maximum absolute atomic E-state index is 12.0. The van der Waals surface area contributed by atoms with Crippen LogP contribution in [0, 0.1) is 0 Å². The minimum atomic E-state index is -0.199. The van der Waals surface area contributed by atoms with Gasteiger partial charge in [0.2, 0.25) is 5.91 Å². The SMILES string of the molecule is CCOc1ccc(/C=N\NC(=O)Cc2ccc(OC)cc2)c(OCC)c1. The van der Waals surface area contributed by atoms with Crippen LogP contribution >= 0.6 is 0 Å². The predicted molar refractivity (Wildman–Crippen MR) is 101 cm³/mol. The zero-order valence-electron chi connectivity index (χ0n) is 15.3. The van der Waals surface area contributed by atoms with Crippen molar-refractivity contribution in [3.63, 3.8) is 0 Å². The summed E-state index contributed by atoms with van der Waals surface area (Å²) in [6.45, 7) is 4.94. The van der Waals surface area contributed by atoms with E-state index in [0.29, 0.717) is 19.0 Å². The summed E-state index contributed by atoms with van der Waals surface area (Å²) < 4.78 is 16.2. The van der Waals surface area contributed by atoms with Crippen molar-refractivity contribution in [1.82, 2.24) is 5.43 Å². The largest absolute Gasteiger partial charge is 0.497 e. The second kappa shape index (κ2) is 10.1. The highest BCUT2D eigenvalue weighted by atomic mass is 16.5. The molecule has 0 saturated heterocycles. The van der Waals surface area contributed by atoms with E-state index >= 15 is 0 Å². The van der Waals surface area contributed by atoms with E-state index in [1.165, 1.54) is 0 Å². The molecule has 0 aliphatic heterocycles. The molecule has 0 atom stereocenters. The number of amides is 1. The second-order valence-corrected chi connectivity index (χ2v) is 5.38. The molecular formula is C20H24N2O4. The maximum Gasteiger partial charge on any atom is 0.244 e. The molecule has 0 aromatic heterocycles.